The number of rotatable bonds is 4. The lowest BCUT2D eigenvalue weighted by Crippen LogP contribution is -2.22. The summed E-state index contributed by atoms with van der Waals surface area (Å²) in [6.45, 7) is 2.05. The first kappa shape index (κ1) is 12.6. The van der Waals surface area contributed by atoms with Gasteiger partial charge >= 0.3 is 0 Å². The van der Waals surface area contributed by atoms with Crippen molar-refractivity contribution < 1.29 is 9.32 Å². The predicted octanol–water partition coefficient (Wildman–Crippen LogP) is 2.67. The van der Waals surface area contributed by atoms with Crippen molar-refractivity contribution in [1.82, 2.24) is 10.5 Å². The topological polar surface area (TPSA) is 55.1 Å². The fourth-order valence-electron chi connectivity index (χ4n) is 1.55. The van der Waals surface area contributed by atoms with Gasteiger partial charge in [0.15, 0.2) is 5.76 Å². The van der Waals surface area contributed by atoms with Gasteiger partial charge in [-0.15, -0.1) is 0 Å². The molecule has 0 saturated heterocycles. The monoisotopic (exact) mass is 264 g/mol. The van der Waals surface area contributed by atoms with Crippen LogP contribution in [-0.2, 0) is 11.2 Å². The molecule has 0 atom stereocenters. The zero-order chi connectivity index (χ0) is 13.0. The fourth-order valence-corrected chi connectivity index (χ4v) is 1.67. The Morgan fingerprint density at radius 1 is 1.39 bits per heavy atom. The normalized spacial score (nSPS) is 10.3. The van der Waals surface area contributed by atoms with E-state index in [2.05, 4.69) is 10.5 Å². The fraction of sp³-hybridized carbons (Fsp3) is 0.231. The van der Waals surface area contributed by atoms with Crippen molar-refractivity contribution >= 4 is 17.5 Å². The number of aromatic nitrogens is 1. The first-order valence-corrected chi connectivity index (χ1v) is 5.99. The van der Waals surface area contributed by atoms with Crippen LogP contribution in [0, 0.1) is 0 Å². The molecule has 0 aliphatic rings. The average molecular weight is 265 g/mol. The second-order valence-electron chi connectivity index (χ2n) is 3.92. The lowest BCUT2D eigenvalue weighted by molar-refractivity contribution is -0.118. The minimum absolute atomic E-state index is 0.0450. The average Bonchev–Trinajstić information content (AvgIpc) is 2.78. The van der Waals surface area contributed by atoms with Crippen molar-refractivity contribution in [2.24, 2.45) is 0 Å². The lowest BCUT2D eigenvalue weighted by Gasteiger charge is -1.97. The smallest absolute Gasteiger partial charge is 0.216 e. The van der Waals surface area contributed by atoms with Crippen molar-refractivity contribution in [2.75, 3.05) is 6.54 Å². The van der Waals surface area contributed by atoms with E-state index in [1.165, 1.54) is 6.92 Å². The Morgan fingerprint density at radius 2 is 2.11 bits per heavy atom. The van der Waals surface area contributed by atoms with Crippen molar-refractivity contribution in [2.45, 2.75) is 13.3 Å². The molecule has 4 nitrogen and oxygen atoms in total. The van der Waals surface area contributed by atoms with E-state index in [1.807, 2.05) is 18.2 Å². The summed E-state index contributed by atoms with van der Waals surface area (Å²) in [6, 6.07) is 9.22. The van der Waals surface area contributed by atoms with Gasteiger partial charge in [0.2, 0.25) is 5.91 Å². The van der Waals surface area contributed by atoms with Crippen LogP contribution in [0.4, 0.5) is 0 Å². The minimum Gasteiger partial charge on any atom is -0.356 e. The van der Waals surface area contributed by atoms with Gasteiger partial charge in [0.1, 0.15) is 0 Å². The van der Waals surface area contributed by atoms with Crippen LogP contribution >= 0.6 is 11.6 Å². The van der Waals surface area contributed by atoms with Crippen molar-refractivity contribution in [3.05, 3.63) is 41.0 Å². The van der Waals surface area contributed by atoms with Crippen LogP contribution in [0.2, 0.25) is 5.02 Å². The lowest BCUT2D eigenvalue weighted by atomic mass is 10.1. The molecule has 18 heavy (non-hydrogen) atoms. The Kier molecular flexibility index (Phi) is 3.99. The Hall–Kier alpha value is -1.81. The van der Waals surface area contributed by atoms with Crippen LogP contribution in [0.15, 0.2) is 34.9 Å². The second kappa shape index (κ2) is 5.69. The van der Waals surface area contributed by atoms with E-state index in [0.717, 1.165) is 11.3 Å². The first-order valence-electron chi connectivity index (χ1n) is 5.61. The van der Waals surface area contributed by atoms with Gasteiger partial charge in [-0.05, 0) is 24.3 Å². The number of carbonyl (C=O) groups is 1. The Labute approximate surface area is 110 Å². The van der Waals surface area contributed by atoms with Gasteiger partial charge < -0.3 is 9.84 Å². The summed E-state index contributed by atoms with van der Waals surface area (Å²) >= 11 is 5.82. The molecule has 1 aromatic carbocycles. The molecular weight excluding hydrogens is 252 g/mol. The highest BCUT2D eigenvalue weighted by Crippen LogP contribution is 2.22. The van der Waals surface area contributed by atoms with Crippen LogP contribution in [0.3, 0.4) is 0 Å². The molecule has 1 amide bonds. The number of halogens is 1. The molecule has 1 heterocycles. The molecule has 0 aliphatic heterocycles. The standard InChI is InChI=1S/C13H13ClN2O2/c1-9(17)15-7-6-12-8-13(18-16-12)10-2-4-11(14)5-3-10/h2-5,8H,6-7H2,1H3,(H,15,17). The summed E-state index contributed by atoms with van der Waals surface area (Å²) < 4.78 is 5.24. The third kappa shape index (κ3) is 3.34. The maximum atomic E-state index is 10.7. The molecule has 0 fully saturated rings. The largest absolute Gasteiger partial charge is 0.356 e. The second-order valence-corrected chi connectivity index (χ2v) is 4.36. The number of benzene rings is 1. The number of carbonyl (C=O) groups excluding carboxylic acids is 1. The minimum atomic E-state index is -0.0450. The van der Waals surface area contributed by atoms with Crippen molar-refractivity contribution in [3.63, 3.8) is 0 Å². The molecule has 0 bridgehead atoms. The van der Waals surface area contributed by atoms with E-state index in [-0.39, 0.29) is 5.91 Å². The van der Waals surface area contributed by atoms with Gasteiger partial charge in [0.05, 0.1) is 5.69 Å². The molecule has 0 radical (unpaired) electrons. The molecule has 5 heteroatoms. The van der Waals surface area contributed by atoms with Crippen LogP contribution in [0.25, 0.3) is 11.3 Å². The van der Waals surface area contributed by atoms with Gasteiger partial charge in [-0.2, -0.15) is 0 Å². The summed E-state index contributed by atoms with van der Waals surface area (Å²) in [4.78, 5) is 10.7. The van der Waals surface area contributed by atoms with Gasteiger partial charge in [-0.25, -0.2) is 0 Å². The van der Waals surface area contributed by atoms with E-state index in [0.29, 0.717) is 23.7 Å². The van der Waals surface area contributed by atoms with E-state index >= 15 is 0 Å². The zero-order valence-corrected chi connectivity index (χ0v) is 10.7. The molecule has 0 saturated carbocycles. The highest BCUT2D eigenvalue weighted by molar-refractivity contribution is 6.30. The molecule has 0 unspecified atom stereocenters. The van der Waals surface area contributed by atoms with E-state index in [4.69, 9.17) is 16.1 Å². The molecule has 0 spiro atoms. The van der Waals surface area contributed by atoms with Gasteiger partial charge in [-0.1, -0.05) is 16.8 Å². The molecule has 2 rings (SSSR count). The van der Waals surface area contributed by atoms with Crippen molar-refractivity contribution in [1.29, 1.82) is 0 Å². The number of nitrogens with one attached hydrogen (secondary N) is 1. The van der Waals surface area contributed by atoms with Crippen LogP contribution in [0.5, 0.6) is 0 Å². The third-order valence-corrected chi connectivity index (χ3v) is 2.69. The Bertz CT molecular complexity index is 534. The number of hydrogen-bond acceptors (Lipinski definition) is 3. The van der Waals surface area contributed by atoms with E-state index in [1.54, 1.807) is 12.1 Å². The summed E-state index contributed by atoms with van der Waals surface area (Å²) in [5.74, 6) is 0.654. The van der Waals surface area contributed by atoms with Crippen LogP contribution < -0.4 is 5.32 Å². The maximum Gasteiger partial charge on any atom is 0.216 e. The molecule has 0 aliphatic carbocycles. The summed E-state index contributed by atoms with van der Waals surface area (Å²) in [5.41, 5.74) is 1.74. The predicted molar refractivity (Wildman–Crippen MR) is 69.3 cm³/mol. The molecule has 1 aromatic heterocycles. The van der Waals surface area contributed by atoms with Gasteiger partial charge in [-0.3, -0.25) is 4.79 Å². The Balaban J connectivity index is 2.01. The summed E-state index contributed by atoms with van der Waals surface area (Å²) in [5, 5.41) is 7.35. The SMILES string of the molecule is CC(=O)NCCc1cc(-c2ccc(Cl)cc2)on1. The maximum absolute atomic E-state index is 10.7. The van der Waals surface area contributed by atoms with E-state index < -0.39 is 0 Å². The summed E-state index contributed by atoms with van der Waals surface area (Å²) in [6.07, 6.45) is 0.649. The quantitative estimate of drug-likeness (QED) is 0.924. The number of amides is 1. The van der Waals surface area contributed by atoms with E-state index in [9.17, 15) is 4.79 Å². The number of nitrogens with zero attached hydrogens (tertiary/aromatic N) is 1. The van der Waals surface area contributed by atoms with Gasteiger partial charge in [0.25, 0.3) is 0 Å². The molecule has 1 N–H and O–H groups in total. The zero-order valence-electron chi connectivity index (χ0n) is 9.94. The third-order valence-electron chi connectivity index (χ3n) is 2.44. The van der Waals surface area contributed by atoms with Crippen molar-refractivity contribution in [3.8, 4) is 11.3 Å². The summed E-state index contributed by atoms with van der Waals surface area (Å²) in [7, 11) is 0. The Morgan fingerprint density at radius 3 is 2.78 bits per heavy atom. The molecule has 2 aromatic rings. The highest BCUT2D eigenvalue weighted by Gasteiger charge is 2.06. The van der Waals surface area contributed by atoms with Gasteiger partial charge in [0, 0.05) is 36.5 Å². The first-order chi connectivity index (χ1) is 8.65. The van der Waals surface area contributed by atoms with Crippen LogP contribution in [0.1, 0.15) is 12.6 Å². The molecule has 94 valence electrons. The molecular formula is C13H13ClN2O2. The number of hydrogen-bond donors (Lipinski definition) is 1. The van der Waals surface area contributed by atoms with Crippen LogP contribution in [-0.4, -0.2) is 17.6 Å². The highest BCUT2D eigenvalue weighted by atomic mass is 35.5.